The number of halogens is 1. The Morgan fingerprint density at radius 2 is 1.29 bits per heavy atom. The van der Waals surface area contributed by atoms with Crippen LogP contribution in [0.2, 0.25) is 0 Å². The Morgan fingerprint density at radius 1 is 0.688 bits per heavy atom. The van der Waals surface area contributed by atoms with Crippen LogP contribution < -0.4 is 9.47 Å². The van der Waals surface area contributed by atoms with E-state index in [1.165, 1.54) is 94.2 Å². The van der Waals surface area contributed by atoms with Crippen molar-refractivity contribution in [2.75, 3.05) is 13.2 Å². The van der Waals surface area contributed by atoms with Crippen molar-refractivity contribution in [3.05, 3.63) is 83.7 Å². The molecule has 0 amide bonds. The SMILES string of the molecule is CCCCCCCCCCCCOc1ccc(-c2ccc(C(=O)Oc3ccc(C(=O)OC[C@H](CC)OC(C)CCC)cc3)c(F)c2)cc1. The van der Waals surface area contributed by atoms with Gasteiger partial charge in [0.15, 0.2) is 0 Å². The lowest BCUT2D eigenvalue weighted by Crippen LogP contribution is -2.25. The third kappa shape index (κ3) is 13.8. The molecule has 0 spiro atoms. The molecule has 262 valence electrons. The van der Waals surface area contributed by atoms with Crippen molar-refractivity contribution in [1.29, 1.82) is 0 Å². The predicted molar refractivity (Wildman–Crippen MR) is 190 cm³/mol. The molecule has 0 aliphatic carbocycles. The highest BCUT2D eigenvalue weighted by Gasteiger charge is 2.18. The third-order valence-corrected chi connectivity index (χ3v) is 8.42. The number of hydrogen-bond donors (Lipinski definition) is 0. The summed E-state index contributed by atoms with van der Waals surface area (Å²) in [5, 5.41) is 0. The molecule has 0 aliphatic rings. The molecule has 0 saturated heterocycles. The zero-order valence-corrected chi connectivity index (χ0v) is 29.4. The number of ether oxygens (including phenoxy) is 4. The lowest BCUT2D eigenvalue weighted by Gasteiger charge is -2.21. The molecule has 3 aromatic carbocycles. The van der Waals surface area contributed by atoms with E-state index in [4.69, 9.17) is 18.9 Å². The van der Waals surface area contributed by atoms with Gasteiger partial charge in [-0.05, 0) is 85.8 Å². The van der Waals surface area contributed by atoms with Crippen LogP contribution in [-0.2, 0) is 9.47 Å². The van der Waals surface area contributed by atoms with Crippen LogP contribution in [0.1, 0.15) is 132 Å². The van der Waals surface area contributed by atoms with Gasteiger partial charge in [0, 0.05) is 0 Å². The molecule has 48 heavy (non-hydrogen) atoms. The Kier molecular flexibility index (Phi) is 17.8. The number of unbranched alkanes of at least 4 members (excludes halogenated alkanes) is 9. The minimum absolute atomic E-state index is 0.101. The van der Waals surface area contributed by atoms with Crippen molar-refractivity contribution in [3.63, 3.8) is 0 Å². The highest BCUT2D eigenvalue weighted by Crippen LogP contribution is 2.26. The second-order valence-corrected chi connectivity index (χ2v) is 12.5. The lowest BCUT2D eigenvalue weighted by atomic mass is 10.0. The van der Waals surface area contributed by atoms with E-state index < -0.39 is 17.8 Å². The summed E-state index contributed by atoms with van der Waals surface area (Å²) in [5.41, 5.74) is 1.59. The van der Waals surface area contributed by atoms with Gasteiger partial charge in [-0.1, -0.05) is 103 Å². The van der Waals surface area contributed by atoms with E-state index in [2.05, 4.69) is 13.8 Å². The quantitative estimate of drug-likeness (QED) is 0.0572. The second kappa shape index (κ2) is 22.0. The average Bonchev–Trinajstić information content (AvgIpc) is 3.09. The first-order chi connectivity index (χ1) is 23.3. The summed E-state index contributed by atoms with van der Waals surface area (Å²) in [6.45, 7) is 9.20. The molecular formula is C41H55FO6. The van der Waals surface area contributed by atoms with Crippen LogP contribution in [0.15, 0.2) is 66.7 Å². The number of carbonyl (C=O) groups excluding carboxylic acids is 2. The standard InChI is InChI=1S/C41H55FO6/c1-5-8-9-10-11-12-13-14-15-16-28-45-36-23-18-32(19-24-36)34-22-27-38(39(42)29-34)41(44)48-37-25-20-33(21-26-37)40(43)46-30-35(7-3)47-31(4)17-6-2/h18-27,29,31,35H,5-17,28,30H2,1-4H3/t31?,35-/m0/s1. The fourth-order valence-electron chi connectivity index (χ4n) is 5.51. The molecule has 6 nitrogen and oxygen atoms in total. The van der Waals surface area contributed by atoms with Crippen molar-refractivity contribution in [2.45, 2.75) is 123 Å². The van der Waals surface area contributed by atoms with Crippen molar-refractivity contribution >= 4 is 11.9 Å². The van der Waals surface area contributed by atoms with Gasteiger partial charge in [-0.25, -0.2) is 14.0 Å². The van der Waals surface area contributed by atoms with Gasteiger partial charge in [0.25, 0.3) is 0 Å². The maximum atomic E-state index is 15.0. The largest absolute Gasteiger partial charge is 0.494 e. The lowest BCUT2D eigenvalue weighted by molar-refractivity contribution is -0.0444. The summed E-state index contributed by atoms with van der Waals surface area (Å²) in [5.74, 6) is -1.02. The average molecular weight is 663 g/mol. The van der Waals surface area contributed by atoms with Gasteiger partial charge in [0.2, 0.25) is 0 Å². The first kappa shape index (κ1) is 38.7. The number of rotatable bonds is 23. The molecular weight excluding hydrogens is 607 g/mol. The van der Waals surface area contributed by atoms with E-state index in [-0.39, 0.29) is 30.1 Å². The van der Waals surface area contributed by atoms with Crippen LogP contribution in [0, 0.1) is 5.82 Å². The smallest absolute Gasteiger partial charge is 0.346 e. The summed E-state index contributed by atoms with van der Waals surface area (Å²) in [6.07, 6.45) is 15.5. The highest BCUT2D eigenvalue weighted by molar-refractivity contribution is 5.92. The normalized spacial score (nSPS) is 12.4. The number of hydrogen-bond acceptors (Lipinski definition) is 6. The van der Waals surface area contributed by atoms with Gasteiger partial charge in [-0.15, -0.1) is 0 Å². The Hall–Kier alpha value is -3.71. The monoisotopic (exact) mass is 662 g/mol. The van der Waals surface area contributed by atoms with Crippen LogP contribution in [-0.4, -0.2) is 37.4 Å². The van der Waals surface area contributed by atoms with E-state index in [0.717, 1.165) is 37.0 Å². The molecule has 2 atom stereocenters. The maximum absolute atomic E-state index is 15.0. The molecule has 0 aromatic heterocycles. The molecule has 0 aliphatic heterocycles. The zero-order valence-electron chi connectivity index (χ0n) is 29.4. The molecule has 0 heterocycles. The van der Waals surface area contributed by atoms with Crippen molar-refractivity contribution < 1.29 is 32.9 Å². The molecule has 0 fully saturated rings. The highest BCUT2D eigenvalue weighted by atomic mass is 19.1. The maximum Gasteiger partial charge on any atom is 0.346 e. The van der Waals surface area contributed by atoms with Gasteiger partial charge >= 0.3 is 11.9 Å². The van der Waals surface area contributed by atoms with Crippen molar-refractivity contribution in [1.82, 2.24) is 0 Å². The fraction of sp³-hybridized carbons (Fsp3) is 0.512. The Bertz CT molecular complexity index is 1350. The van der Waals surface area contributed by atoms with Gasteiger partial charge < -0.3 is 18.9 Å². The van der Waals surface area contributed by atoms with Crippen molar-refractivity contribution in [3.8, 4) is 22.6 Å². The van der Waals surface area contributed by atoms with Gasteiger partial charge in [-0.2, -0.15) is 0 Å². The molecule has 0 N–H and O–H groups in total. The van der Waals surface area contributed by atoms with Gasteiger partial charge in [-0.3, -0.25) is 0 Å². The van der Waals surface area contributed by atoms with Crippen LogP contribution in [0.25, 0.3) is 11.1 Å². The van der Waals surface area contributed by atoms with E-state index >= 15 is 4.39 Å². The molecule has 7 heteroatoms. The van der Waals surface area contributed by atoms with Gasteiger partial charge in [0.1, 0.15) is 23.9 Å². The molecule has 3 aromatic rings. The molecule has 0 saturated carbocycles. The zero-order chi connectivity index (χ0) is 34.6. The minimum Gasteiger partial charge on any atom is -0.494 e. The first-order valence-corrected chi connectivity index (χ1v) is 18.0. The molecule has 0 bridgehead atoms. The van der Waals surface area contributed by atoms with E-state index in [9.17, 15) is 9.59 Å². The summed E-state index contributed by atoms with van der Waals surface area (Å²) in [6, 6.07) is 18.0. The van der Waals surface area contributed by atoms with Crippen LogP contribution in [0.4, 0.5) is 4.39 Å². The Balaban J connectivity index is 1.42. The summed E-state index contributed by atoms with van der Waals surface area (Å²) < 4.78 is 37.7. The summed E-state index contributed by atoms with van der Waals surface area (Å²) in [7, 11) is 0. The molecule has 0 radical (unpaired) electrons. The van der Waals surface area contributed by atoms with Gasteiger partial charge in [0.05, 0.1) is 29.9 Å². The predicted octanol–water partition coefficient (Wildman–Crippen LogP) is 11.2. The third-order valence-electron chi connectivity index (χ3n) is 8.42. The van der Waals surface area contributed by atoms with Crippen LogP contribution in [0.5, 0.6) is 11.5 Å². The van der Waals surface area contributed by atoms with Crippen LogP contribution in [0.3, 0.4) is 0 Å². The van der Waals surface area contributed by atoms with Crippen LogP contribution >= 0.6 is 0 Å². The fourth-order valence-corrected chi connectivity index (χ4v) is 5.51. The van der Waals surface area contributed by atoms with E-state index in [0.29, 0.717) is 17.7 Å². The molecule has 1 unspecified atom stereocenters. The van der Waals surface area contributed by atoms with E-state index in [1.54, 1.807) is 6.07 Å². The van der Waals surface area contributed by atoms with E-state index in [1.807, 2.05) is 38.1 Å². The Labute approximate surface area is 287 Å². The second-order valence-electron chi connectivity index (χ2n) is 12.5. The number of esters is 2. The minimum atomic E-state index is -0.825. The summed E-state index contributed by atoms with van der Waals surface area (Å²) >= 11 is 0. The molecule has 3 rings (SSSR count). The summed E-state index contributed by atoms with van der Waals surface area (Å²) in [4.78, 5) is 25.3. The van der Waals surface area contributed by atoms with Crippen molar-refractivity contribution in [2.24, 2.45) is 0 Å². The first-order valence-electron chi connectivity index (χ1n) is 18.0. The Morgan fingerprint density at radius 3 is 1.90 bits per heavy atom. The number of benzene rings is 3. The number of carbonyl (C=O) groups is 2. The topological polar surface area (TPSA) is 71.1 Å².